The highest BCUT2D eigenvalue weighted by Crippen LogP contribution is 2.40. The van der Waals surface area contributed by atoms with Gasteiger partial charge in [0.25, 0.3) is 5.91 Å². The Labute approximate surface area is 234 Å². The summed E-state index contributed by atoms with van der Waals surface area (Å²) in [6, 6.07) is 10.0. The van der Waals surface area contributed by atoms with Crippen molar-refractivity contribution in [3.8, 4) is 0 Å². The summed E-state index contributed by atoms with van der Waals surface area (Å²) < 4.78 is 56.7. The summed E-state index contributed by atoms with van der Waals surface area (Å²) in [5.74, 6) is 0.369. The second-order valence-corrected chi connectivity index (χ2v) is 12.9. The van der Waals surface area contributed by atoms with Crippen LogP contribution in [0.5, 0.6) is 0 Å². The van der Waals surface area contributed by atoms with E-state index in [-0.39, 0.29) is 35.0 Å². The van der Waals surface area contributed by atoms with Gasteiger partial charge in [0.2, 0.25) is 0 Å². The minimum absolute atomic E-state index is 0.0118. The maximum Gasteiger partial charge on any atom is 0.416 e. The first kappa shape index (κ1) is 28.5. The summed E-state index contributed by atoms with van der Waals surface area (Å²) in [7, 11) is 0.751. The minimum atomic E-state index is -4.57. The minimum Gasteiger partial charge on any atom is -0.321 e. The molecule has 11 heteroatoms. The van der Waals surface area contributed by atoms with Crippen molar-refractivity contribution in [1.29, 1.82) is 0 Å². The first-order valence-electron chi connectivity index (χ1n) is 13.5. The van der Waals surface area contributed by atoms with Crippen LogP contribution in [-0.2, 0) is 50.0 Å². The van der Waals surface area contributed by atoms with Gasteiger partial charge < -0.3 is 14.8 Å². The fraction of sp³-hybridized carbons (Fsp3) is 0.483. The maximum absolute atomic E-state index is 14.1. The average molecular weight is 574 g/mol. The number of rotatable bonds is 10. The Kier molecular flexibility index (Phi) is 7.89. The van der Waals surface area contributed by atoms with Crippen LogP contribution in [0.1, 0.15) is 71.0 Å². The van der Waals surface area contributed by atoms with Gasteiger partial charge in [0.15, 0.2) is 0 Å². The zero-order valence-corrected chi connectivity index (χ0v) is 23.7. The van der Waals surface area contributed by atoms with Crippen LogP contribution in [0.15, 0.2) is 42.7 Å². The topological polar surface area (TPSA) is 80.1 Å². The predicted octanol–water partition coefficient (Wildman–Crippen LogP) is 4.95. The monoisotopic (exact) mass is 573 g/mol. The zero-order valence-electron chi connectivity index (χ0n) is 22.9. The molecule has 1 saturated carbocycles. The quantitative estimate of drug-likeness (QED) is 0.371. The number of nitrogens with one attached hydrogen (secondary N) is 1. The van der Waals surface area contributed by atoms with Crippen LogP contribution >= 0.6 is 0 Å². The van der Waals surface area contributed by atoms with Crippen LogP contribution in [0.25, 0.3) is 0 Å². The number of amides is 1. The first-order valence-corrected chi connectivity index (χ1v) is 15.1. The Morgan fingerprint density at radius 1 is 1.18 bits per heavy atom. The fourth-order valence-corrected chi connectivity index (χ4v) is 6.43. The SMILES string of the molecule is Cn1cnnc1CC[C@H](Cc1cccc(N2Cc3c(cc(CNC4(C)CCC4)cc3C(F)(F)F)C2=O)c1)[S@](C)=O. The van der Waals surface area contributed by atoms with Crippen molar-refractivity contribution in [2.45, 2.75) is 75.5 Å². The highest BCUT2D eigenvalue weighted by atomic mass is 32.2. The standard InChI is InChI=1S/C29H34F3N5O2S/c1-28(10-5-11-28)33-16-20-14-23-24(25(15-20)29(30,31)32)17-37(27(23)38)21-7-4-6-19(12-21)13-22(40(3)39)8-9-26-35-34-18-36(26)2/h4,6-7,12,14-15,18,22,33H,5,8-11,13,16-17H2,1-3H3/t22-,40+/m1/s1. The molecule has 0 radical (unpaired) electrons. The van der Waals surface area contributed by atoms with E-state index >= 15 is 0 Å². The Hall–Kier alpha value is -3.05. The first-order chi connectivity index (χ1) is 18.9. The van der Waals surface area contributed by atoms with E-state index < -0.39 is 28.4 Å². The third-order valence-electron chi connectivity index (χ3n) is 8.23. The largest absolute Gasteiger partial charge is 0.416 e. The van der Waals surface area contributed by atoms with Gasteiger partial charge in [0.05, 0.1) is 12.1 Å². The molecule has 5 rings (SSSR count). The van der Waals surface area contributed by atoms with Gasteiger partial charge in [-0.3, -0.25) is 9.00 Å². The molecular formula is C29H34F3N5O2S. The van der Waals surface area contributed by atoms with Gasteiger partial charge in [0.1, 0.15) is 12.2 Å². The van der Waals surface area contributed by atoms with Crippen LogP contribution in [0.2, 0.25) is 0 Å². The molecule has 7 nitrogen and oxygen atoms in total. The second-order valence-electron chi connectivity index (χ2n) is 11.2. The van der Waals surface area contributed by atoms with Gasteiger partial charge in [-0.25, -0.2) is 0 Å². The number of aryl methyl sites for hydroxylation is 2. The smallest absolute Gasteiger partial charge is 0.321 e. The average Bonchev–Trinajstić information content (AvgIpc) is 3.45. The Balaban J connectivity index is 1.36. The number of aromatic nitrogens is 3. The van der Waals surface area contributed by atoms with Gasteiger partial charge in [-0.1, -0.05) is 12.1 Å². The molecule has 2 aromatic carbocycles. The number of halogens is 3. The van der Waals surface area contributed by atoms with E-state index in [4.69, 9.17) is 0 Å². The summed E-state index contributed by atoms with van der Waals surface area (Å²) in [5.41, 5.74) is 1.15. The molecule has 1 fully saturated rings. The third kappa shape index (κ3) is 6.00. The number of carbonyl (C=O) groups excluding carboxylic acids is 1. The van der Waals surface area contributed by atoms with E-state index in [9.17, 15) is 22.2 Å². The van der Waals surface area contributed by atoms with E-state index in [1.54, 1.807) is 30.8 Å². The molecule has 40 heavy (non-hydrogen) atoms. The second kappa shape index (κ2) is 11.1. The van der Waals surface area contributed by atoms with E-state index in [2.05, 4.69) is 22.4 Å². The van der Waals surface area contributed by atoms with Crippen molar-refractivity contribution in [1.82, 2.24) is 20.1 Å². The predicted molar refractivity (Wildman–Crippen MR) is 148 cm³/mol. The number of nitrogens with zero attached hydrogens (tertiary/aromatic N) is 4. The summed E-state index contributed by atoms with van der Waals surface area (Å²) >= 11 is 0. The molecule has 1 aromatic heterocycles. The van der Waals surface area contributed by atoms with Crippen molar-refractivity contribution in [2.75, 3.05) is 11.2 Å². The molecule has 1 aliphatic carbocycles. The Bertz CT molecular complexity index is 1430. The van der Waals surface area contributed by atoms with Crippen LogP contribution in [0.3, 0.4) is 0 Å². The van der Waals surface area contributed by atoms with E-state index in [0.29, 0.717) is 30.5 Å². The molecule has 2 atom stereocenters. The summed E-state index contributed by atoms with van der Waals surface area (Å²) in [5, 5.41) is 11.2. The summed E-state index contributed by atoms with van der Waals surface area (Å²) in [6.45, 7) is 2.20. The molecule has 214 valence electrons. The molecule has 0 unspecified atom stereocenters. The van der Waals surface area contributed by atoms with Gasteiger partial charge in [-0.05, 0) is 80.0 Å². The molecule has 1 N–H and O–H groups in total. The van der Waals surface area contributed by atoms with E-state index in [1.165, 1.54) is 11.0 Å². The van der Waals surface area contributed by atoms with Crippen LogP contribution < -0.4 is 10.2 Å². The lowest BCUT2D eigenvalue weighted by atomic mass is 9.78. The van der Waals surface area contributed by atoms with E-state index in [1.807, 2.05) is 23.7 Å². The van der Waals surface area contributed by atoms with Crippen LogP contribution in [0.4, 0.5) is 18.9 Å². The lowest BCUT2D eigenvalue weighted by Gasteiger charge is -2.39. The summed E-state index contributed by atoms with van der Waals surface area (Å²) in [6.07, 6.45) is 3.56. The van der Waals surface area contributed by atoms with Crippen LogP contribution in [-0.4, -0.2) is 41.9 Å². The molecule has 3 aromatic rings. The summed E-state index contributed by atoms with van der Waals surface area (Å²) in [4.78, 5) is 14.9. The lowest BCUT2D eigenvalue weighted by Crippen LogP contribution is -2.47. The van der Waals surface area contributed by atoms with Gasteiger partial charge >= 0.3 is 6.18 Å². The number of benzene rings is 2. The van der Waals surface area contributed by atoms with E-state index in [0.717, 1.165) is 30.7 Å². The van der Waals surface area contributed by atoms with Crippen molar-refractivity contribution in [3.63, 3.8) is 0 Å². The van der Waals surface area contributed by atoms with Crippen molar-refractivity contribution in [3.05, 3.63) is 76.4 Å². The highest BCUT2D eigenvalue weighted by Gasteiger charge is 2.41. The van der Waals surface area contributed by atoms with Crippen molar-refractivity contribution in [2.24, 2.45) is 7.05 Å². The number of alkyl halides is 3. The number of anilines is 1. The lowest BCUT2D eigenvalue weighted by molar-refractivity contribution is -0.138. The molecule has 0 saturated heterocycles. The van der Waals surface area contributed by atoms with Gasteiger partial charge in [0, 0.05) is 59.1 Å². The van der Waals surface area contributed by atoms with Crippen molar-refractivity contribution < 1.29 is 22.2 Å². The fourth-order valence-electron chi connectivity index (χ4n) is 5.55. The number of hydrogen-bond acceptors (Lipinski definition) is 5. The van der Waals surface area contributed by atoms with Crippen LogP contribution in [0, 0.1) is 0 Å². The van der Waals surface area contributed by atoms with Gasteiger partial charge in [-0.2, -0.15) is 13.2 Å². The number of hydrogen-bond donors (Lipinski definition) is 1. The molecule has 1 aliphatic heterocycles. The number of carbonyl (C=O) groups is 1. The normalized spacial score (nSPS) is 17.9. The molecular weight excluding hydrogens is 539 g/mol. The molecule has 0 spiro atoms. The molecule has 0 bridgehead atoms. The maximum atomic E-state index is 14.1. The molecule has 2 aliphatic rings. The Morgan fingerprint density at radius 2 is 1.95 bits per heavy atom. The molecule has 2 heterocycles. The number of fused-ring (bicyclic) bond motifs is 1. The highest BCUT2D eigenvalue weighted by molar-refractivity contribution is 7.84. The van der Waals surface area contributed by atoms with Gasteiger partial charge in [-0.15, -0.1) is 10.2 Å². The zero-order chi connectivity index (χ0) is 28.7. The molecule has 1 amide bonds. The van der Waals surface area contributed by atoms with Crippen molar-refractivity contribution >= 4 is 22.4 Å². The third-order valence-corrected chi connectivity index (χ3v) is 9.57. The Morgan fingerprint density at radius 3 is 2.58 bits per heavy atom.